The molecule has 1 aromatic carbocycles. The van der Waals surface area contributed by atoms with E-state index < -0.39 is 0 Å². The first kappa shape index (κ1) is 17.6. The van der Waals surface area contributed by atoms with Crippen LogP contribution in [0.15, 0.2) is 35.3 Å². The van der Waals surface area contributed by atoms with Crippen molar-refractivity contribution in [2.75, 3.05) is 39.9 Å². The van der Waals surface area contributed by atoms with Gasteiger partial charge < -0.3 is 19.7 Å². The van der Waals surface area contributed by atoms with Crippen molar-refractivity contribution in [2.24, 2.45) is 4.99 Å². The van der Waals surface area contributed by atoms with Crippen LogP contribution in [0.3, 0.4) is 0 Å². The Labute approximate surface area is 139 Å². The molecular weight excluding hydrogens is 290 g/mol. The Morgan fingerprint density at radius 2 is 2.00 bits per heavy atom. The van der Waals surface area contributed by atoms with E-state index in [4.69, 9.17) is 9.47 Å². The van der Waals surface area contributed by atoms with Gasteiger partial charge in [0.15, 0.2) is 5.96 Å². The maximum absolute atomic E-state index is 6.04. The van der Waals surface area contributed by atoms with Crippen LogP contribution in [-0.2, 0) is 4.74 Å². The highest BCUT2D eigenvalue weighted by Gasteiger charge is 2.22. The largest absolute Gasteiger partial charge is 0.490 e. The number of para-hydroxylation sites is 1. The summed E-state index contributed by atoms with van der Waals surface area (Å²) in [4.78, 5) is 6.70. The summed E-state index contributed by atoms with van der Waals surface area (Å²) < 4.78 is 11.4. The molecule has 0 aliphatic carbocycles. The number of nitrogens with one attached hydrogen (secondary N) is 1. The molecule has 0 radical (unpaired) electrons. The van der Waals surface area contributed by atoms with Crippen LogP contribution >= 0.6 is 0 Å². The summed E-state index contributed by atoms with van der Waals surface area (Å²) in [6, 6.07) is 10.1. The molecule has 1 saturated heterocycles. The Bertz CT molecular complexity index is 457. The van der Waals surface area contributed by atoms with Crippen molar-refractivity contribution in [3.63, 3.8) is 0 Å². The maximum Gasteiger partial charge on any atom is 0.193 e. The van der Waals surface area contributed by atoms with Gasteiger partial charge in [-0.05, 0) is 25.5 Å². The lowest BCUT2D eigenvalue weighted by molar-refractivity contribution is 0.129. The van der Waals surface area contributed by atoms with Gasteiger partial charge in [0.25, 0.3) is 0 Å². The zero-order valence-corrected chi connectivity index (χ0v) is 14.3. The molecule has 1 aliphatic heterocycles. The van der Waals surface area contributed by atoms with Gasteiger partial charge in [-0.3, -0.25) is 4.99 Å². The van der Waals surface area contributed by atoms with Gasteiger partial charge in [-0.25, -0.2) is 0 Å². The average molecular weight is 319 g/mol. The van der Waals surface area contributed by atoms with E-state index in [9.17, 15) is 0 Å². The minimum absolute atomic E-state index is 0.296. The molecule has 1 aliphatic rings. The topological polar surface area (TPSA) is 46.1 Å². The molecule has 0 atom stereocenters. The minimum Gasteiger partial charge on any atom is -0.490 e. The molecule has 0 unspecified atom stereocenters. The van der Waals surface area contributed by atoms with Crippen molar-refractivity contribution >= 4 is 5.96 Å². The van der Waals surface area contributed by atoms with E-state index in [1.807, 2.05) is 44.3 Å². The summed E-state index contributed by atoms with van der Waals surface area (Å²) in [5.41, 5.74) is 0. The van der Waals surface area contributed by atoms with Crippen LogP contribution in [0.2, 0.25) is 0 Å². The predicted octanol–water partition coefficient (Wildman–Crippen LogP) is 2.53. The van der Waals surface area contributed by atoms with E-state index >= 15 is 0 Å². The minimum atomic E-state index is 0.296. The first-order valence-electron chi connectivity index (χ1n) is 8.58. The van der Waals surface area contributed by atoms with E-state index in [1.165, 1.54) is 0 Å². The van der Waals surface area contributed by atoms with E-state index in [2.05, 4.69) is 15.2 Å². The van der Waals surface area contributed by atoms with Crippen LogP contribution in [0.5, 0.6) is 5.75 Å². The maximum atomic E-state index is 6.04. The fourth-order valence-corrected chi connectivity index (χ4v) is 2.73. The Morgan fingerprint density at radius 1 is 1.26 bits per heavy atom. The van der Waals surface area contributed by atoms with Crippen molar-refractivity contribution < 1.29 is 9.47 Å². The molecule has 0 bridgehead atoms. The average Bonchev–Trinajstić information content (AvgIpc) is 2.60. The third-order valence-corrected chi connectivity index (χ3v) is 3.95. The summed E-state index contributed by atoms with van der Waals surface area (Å²) in [7, 11) is 1.84. The van der Waals surface area contributed by atoms with Gasteiger partial charge >= 0.3 is 0 Å². The van der Waals surface area contributed by atoms with Crippen LogP contribution in [0, 0.1) is 0 Å². The molecule has 0 spiro atoms. The third kappa shape index (κ3) is 6.10. The molecule has 1 heterocycles. The molecule has 5 heteroatoms. The van der Waals surface area contributed by atoms with Crippen molar-refractivity contribution in [2.45, 2.75) is 32.3 Å². The molecule has 0 amide bonds. The number of rotatable bonds is 7. The predicted molar refractivity (Wildman–Crippen MR) is 94.1 cm³/mol. The second-order valence-electron chi connectivity index (χ2n) is 5.64. The number of ether oxygens (including phenoxy) is 2. The summed E-state index contributed by atoms with van der Waals surface area (Å²) in [6.45, 7) is 6.45. The Balaban J connectivity index is 1.69. The molecule has 23 heavy (non-hydrogen) atoms. The van der Waals surface area contributed by atoms with Gasteiger partial charge in [0, 0.05) is 52.7 Å². The molecule has 1 aromatic rings. The van der Waals surface area contributed by atoms with Gasteiger partial charge in [-0.2, -0.15) is 0 Å². The van der Waals surface area contributed by atoms with E-state index in [1.54, 1.807) is 0 Å². The van der Waals surface area contributed by atoms with Crippen LogP contribution in [0.4, 0.5) is 0 Å². The number of hydrogen-bond acceptors (Lipinski definition) is 3. The highest BCUT2D eigenvalue weighted by Crippen LogP contribution is 2.18. The van der Waals surface area contributed by atoms with Gasteiger partial charge in [-0.1, -0.05) is 18.2 Å². The highest BCUT2D eigenvalue weighted by atomic mass is 16.5. The lowest BCUT2D eigenvalue weighted by atomic mass is 10.1. The van der Waals surface area contributed by atoms with Gasteiger partial charge in [0.2, 0.25) is 0 Å². The summed E-state index contributed by atoms with van der Waals surface area (Å²) in [6.07, 6.45) is 3.34. The number of hydrogen-bond donors (Lipinski definition) is 1. The van der Waals surface area contributed by atoms with E-state index in [-0.39, 0.29) is 0 Å². The molecule has 1 fully saturated rings. The van der Waals surface area contributed by atoms with Gasteiger partial charge in [-0.15, -0.1) is 0 Å². The van der Waals surface area contributed by atoms with Gasteiger partial charge in [0.1, 0.15) is 11.9 Å². The fraction of sp³-hybridized carbons (Fsp3) is 0.611. The Kier molecular flexibility index (Phi) is 7.73. The van der Waals surface area contributed by atoms with Crippen LogP contribution in [0.1, 0.15) is 26.2 Å². The number of nitrogens with zero attached hydrogens (tertiary/aromatic N) is 2. The monoisotopic (exact) mass is 319 g/mol. The van der Waals surface area contributed by atoms with Crippen molar-refractivity contribution in [3.05, 3.63) is 30.3 Å². The fourth-order valence-electron chi connectivity index (χ4n) is 2.73. The molecule has 2 rings (SSSR count). The number of aliphatic imine (C=N–C) groups is 1. The van der Waals surface area contributed by atoms with Crippen LogP contribution < -0.4 is 10.1 Å². The van der Waals surface area contributed by atoms with Crippen molar-refractivity contribution in [1.29, 1.82) is 0 Å². The first-order chi connectivity index (χ1) is 11.3. The number of piperidine rings is 1. The SMILES string of the molecule is CCOCCCNC(=NC)N1CCC(Oc2ccccc2)CC1. The normalized spacial score (nSPS) is 16.4. The van der Waals surface area contributed by atoms with Crippen LogP contribution in [-0.4, -0.2) is 56.9 Å². The first-order valence-corrected chi connectivity index (χ1v) is 8.58. The Morgan fingerprint density at radius 3 is 2.65 bits per heavy atom. The molecule has 128 valence electrons. The zero-order chi connectivity index (χ0) is 16.3. The standard InChI is InChI=1S/C18H29N3O2/c1-3-22-15-7-12-20-18(19-2)21-13-10-17(11-14-21)23-16-8-5-4-6-9-16/h4-6,8-9,17H,3,7,10-15H2,1-2H3,(H,19,20). The number of likely N-dealkylation sites (tertiary alicyclic amines) is 1. The molecule has 5 nitrogen and oxygen atoms in total. The van der Waals surface area contributed by atoms with E-state index in [0.29, 0.717) is 6.10 Å². The second-order valence-corrected chi connectivity index (χ2v) is 5.64. The molecule has 1 N–H and O–H groups in total. The molecule has 0 saturated carbocycles. The third-order valence-electron chi connectivity index (χ3n) is 3.95. The summed E-state index contributed by atoms with van der Waals surface area (Å²) in [5, 5.41) is 3.42. The second kappa shape index (κ2) is 10.1. The summed E-state index contributed by atoms with van der Waals surface area (Å²) >= 11 is 0. The summed E-state index contributed by atoms with van der Waals surface area (Å²) in [5.74, 6) is 1.95. The number of benzene rings is 1. The molecular formula is C18H29N3O2. The Hall–Kier alpha value is -1.75. The highest BCUT2D eigenvalue weighted by molar-refractivity contribution is 5.79. The van der Waals surface area contributed by atoms with Crippen molar-refractivity contribution in [1.82, 2.24) is 10.2 Å². The lowest BCUT2D eigenvalue weighted by Crippen LogP contribution is -2.47. The lowest BCUT2D eigenvalue weighted by Gasteiger charge is -2.34. The smallest absolute Gasteiger partial charge is 0.193 e. The quantitative estimate of drug-likeness (QED) is 0.476. The molecule has 0 aromatic heterocycles. The van der Waals surface area contributed by atoms with Crippen LogP contribution in [0.25, 0.3) is 0 Å². The zero-order valence-electron chi connectivity index (χ0n) is 14.3. The number of guanidine groups is 1. The van der Waals surface area contributed by atoms with Crippen molar-refractivity contribution in [3.8, 4) is 5.75 Å². The van der Waals surface area contributed by atoms with E-state index in [0.717, 1.165) is 63.8 Å². The van der Waals surface area contributed by atoms with Gasteiger partial charge in [0.05, 0.1) is 0 Å².